The Morgan fingerprint density at radius 1 is 1.04 bits per heavy atom. The van der Waals surface area contributed by atoms with Gasteiger partial charge >= 0.3 is 5.97 Å². The van der Waals surface area contributed by atoms with Crippen molar-refractivity contribution in [1.82, 2.24) is 5.32 Å². The highest BCUT2D eigenvalue weighted by Crippen LogP contribution is 2.15. The lowest BCUT2D eigenvalue weighted by molar-refractivity contribution is -0.142. The van der Waals surface area contributed by atoms with Gasteiger partial charge in [-0.15, -0.1) is 0 Å². The predicted molar refractivity (Wildman–Crippen MR) is 104 cm³/mol. The smallest absolute Gasteiger partial charge is 0.343 e. The van der Waals surface area contributed by atoms with Gasteiger partial charge in [-0.05, 0) is 59.0 Å². The summed E-state index contributed by atoms with van der Waals surface area (Å²) in [5.41, 5.74) is 1.07. The van der Waals surface area contributed by atoms with E-state index < -0.39 is 5.97 Å². The van der Waals surface area contributed by atoms with Crippen molar-refractivity contribution in [3.63, 3.8) is 0 Å². The molecule has 2 aromatic rings. The molecule has 0 saturated carbocycles. The van der Waals surface area contributed by atoms with Crippen LogP contribution in [0.3, 0.4) is 0 Å². The van der Waals surface area contributed by atoms with Crippen LogP contribution in [-0.4, -0.2) is 38.0 Å². The second-order valence-electron chi connectivity index (χ2n) is 5.10. The maximum absolute atomic E-state index is 12.1. The van der Waals surface area contributed by atoms with Crippen molar-refractivity contribution in [2.75, 3.05) is 25.6 Å². The first kappa shape index (κ1) is 19.7. The topological polar surface area (TPSA) is 93.7 Å². The summed E-state index contributed by atoms with van der Waals surface area (Å²) in [6, 6.07) is 13.6. The predicted octanol–water partition coefficient (Wildman–Crippen LogP) is 2.21. The second-order valence-corrected chi connectivity index (χ2v) is 6.26. The van der Waals surface area contributed by atoms with E-state index in [0.717, 1.165) is 3.57 Å². The molecule has 0 fully saturated rings. The zero-order chi connectivity index (χ0) is 18.9. The number of carbonyl (C=O) groups excluding carboxylic acids is 3. The zero-order valence-electron chi connectivity index (χ0n) is 14.0. The van der Waals surface area contributed by atoms with E-state index in [1.807, 2.05) is 12.1 Å². The molecule has 0 aliphatic carbocycles. The summed E-state index contributed by atoms with van der Waals surface area (Å²) in [5, 5.41) is 5.24. The van der Waals surface area contributed by atoms with E-state index in [-0.39, 0.29) is 25.0 Å². The fourth-order valence-electron chi connectivity index (χ4n) is 1.94. The van der Waals surface area contributed by atoms with E-state index >= 15 is 0 Å². The molecule has 0 saturated heterocycles. The van der Waals surface area contributed by atoms with Crippen LogP contribution in [0.25, 0.3) is 0 Å². The Balaban J connectivity index is 1.81. The highest BCUT2D eigenvalue weighted by molar-refractivity contribution is 14.1. The van der Waals surface area contributed by atoms with Gasteiger partial charge in [-0.2, -0.15) is 0 Å². The normalized spacial score (nSPS) is 9.92. The molecule has 0 atom stereocenters. The summed E-state index contributed by atoms with van der Waals surface area (Å²) in [6.45, 7) is -0.336. The Hall–Kier alpha value is -2.62. The van der Waals surface area contributed by atoms with Crippen molar-refractivity contribution < 1.29 is 23.9 Å². The number of ether oxygens (including phenoxy) is 2. The van der Waals surface area contributed by atoms with Crippen LogP contribution in [0.5, 0.6) is 5.75 Å². The molecule has 7 nitrogen and oxygen atoms in total. The number of hydrogen-bond donors (Lipinski definition) is 2. The van der Waals surface area contributed by atoms with Crippen LogP contribution in [0.15, 0.2) is 48.5 Å². The van der Waals surface area contributed by atoms with Gasteiger partial charge in [0.05, 0.1) is 19.2 Å². The molecular formula is C18H17IN2O5. The Morgan fingerprint density at radius 2 is 1.73 bits per heavy atom. The number of methoxy groups -OCH3 is 1. The molecule has 0 spiro atoms. The highest BCUT2D eigenvalue weighted by Gasteiger charge is 2.11. The second kappa shape index (κ2) is 9.76. The van der Waals surface area contributed by atoms with E-state index in [9.17, 15) is 14.4 Å². The van der Waals surface area contributed by atoms with Crippen molar-refractivity contribution in [1.29, 1.82) is 0 Å². The van der Waals surface area contributed by atoms with Crippen LogP contribution >= 0.6 is 22.6 Å². The Bertz CT molecular complexity index is 792. The van der Waals surface area contributed by atoms with Gasteiger partial charge in [0.15, 0.2) is 6.61 Å². The molecule has 2 amide bonds. The number of carbonyl (C=O) groups is 3. The molecular weight excluding hydrogens is 451 g/mol. The molecule has 0 radical (unpaired) electrons. The number of halogens is 1. The third kappa shape index (κ3) is 6.03. The van der Waals surface area contributed by atoms with Gasteiger partial charge in [-0.25, -0.2) is 4.79 Å². The number of hydrogen-bond acceptors (Lipinski definition) is 5. The standard InChI is InChI=1S/C18H17IN2O5/c1-25-17(23)11-26-13-8-6-12(7-9-13)21-16(22)10-20-18(24)14-4-2-3-5-15(14)19/h2-9H,10-11H2,1H3,(H,20,24)(H,21,22). The van der Waals surface area contributed by atoms with Gasteiger partial charge < -0.3 is 20.1 Å². The van der Waals surface area contributed by atoms with Gasteiger partial charge in [0.25, 0.3) is 5.91 Å². The fourth-order valence-corrected chi connectivity index (χ4v) is 2.57. The number of benzene rings is 2. The van der Waals surface area contributed by atoms with E-state index in [1.54, 1.807) is 36.4 Å². The maximum Gasteiger partial charge on any atom is 0.343 e. The molecule has 2 N–H and O–H groups in total. The van der Waals surface area contributed by atoms with Crippen LogP contribution in [-0.2, 0) is 14.3 Å². The minimum Gasteiger partial charge on any atom is -0.482 e. The van der Waals surface area contributed by atoms with Gasteiger partial charge in [-0.3, -0.25) is 9.59 Å². The van der Waals surface area contributed by atoms with Crippen LogP contribution in [0, 0.1) is 3.57 Å². The summed E-state index contributed by atoms with van der Waals surface area (Å²) in [6.07, 6.45) is 0. The molecule has 0 heterocycles. The van der Waals surface area contributed by atoms with Gasteiger partial charge in [0.2, 0.25) is 5.91 Å². The van der Waals surface area contributed by atoms with Crippen molar-refractivity contribution in [3.05, 3.63) is 57.7 Å². The largest absolute Gasteiger partial charge is 0.482 e. The Labute approximate surface area is 164 Å². The number of anilines is 1. The summed E-state index contributed by atoms with van der Waals surface area (Å²) in [4.78, 5) is 35.0. The molecule has 0 unspecified atom stereocenters. The SMILES string of the molecule is COC(=O)COc1ccc(NC(=O)CNC(=O)c2ccccc2I)cc1. The van der Waals surface area contributed by atoms with E-state index in [2.05, 4.69) is 38.0 Å². The van der Waals surface area contributed by atoms with Crippen LogP contribution in [0.1, 0.15) is 10.4 Å². The molecule has 2 aromatic carbocycles. The lowest BCUT2D eigenvalue weighted by Crippen LogP contribution is -2.33. The fraction of sp³-hybridized carbons (Fsp3) is 0.167. The average molecular weight is 468 g/mol. The summed E-state index contributed by atoms with van der Waals surface area (Å²) < 4.78 is 10.5. The summed E-state index contributed by atoms with van der Waals surface area (Å²) in [7, 11) is 1.28. The molecule has 2 rings (SSSR count). The third-order valence-electron chi connectivity index (χ3n) is 3.25. The van der Waals surface area contributed by atoms with E-state index in [1.165, 1.54) is 7.11 Å². The van der Waals surface area contributed by atoms with Crippen LogP contribution in [0.4, 0.5) is 5.69 Å². The molecule has 0 aromatic heterocycles. The molecule has 8 heteroatoms. The lowest BCUT2D eigenvalue weighted by Gasteiger charge is -2.09. The number of rotatable bonds is 7. The minimum atomic E-state index is -0.480. The number of amides is 2. The highest BCUT2D eigenvalue weighted by atomic mass is 127. The van der Waals surface area contributed by atoms with E-state index in [4.69, 9.17) is 4.74 Å². The average Bonchev–Trinajstić information content (AvgIpc) is 2.65. The van der Waals surface area contributed by atoms with Gasteiger partial charge in [0.1, 0.15) is 5.75 Å². The van der Waals surface area contributed by atoms with Gasteiger partial charge in [0, 0.05) is 9.26 Å². The monoisotopic (exact) mass is 468 g/mol. The number of esters is 1. The minimum absolute atomic E-state index is 0.148. The Kier molecular flexibility index (Phi) is 7.39. The van der Waals surface area contributed by atoms with Crippen molar-refractivity contribution in [2.45, 2.75) is 0 Å². The first-order valence-corrected chi connectivity index (χ1v) is 8.69. The van der Waals surface area contributed by atoms with Crippen molar-refractivity contribution >= 4 is 46.1 Å². The van der Waals surface area contributed by atoms with Crippen molar-refractivity contribution in [3.8, 4) is 5.75 Å². The Morgan fingerprint density at radius 3 is 2.38 bits per heavy atom. The van der Waals surface area contributed by atoms with Crippen LogP contribution < -0.4 is 15.4 Å². The lowest BCUT2D eigenvalue weighted by atomic mass is 10.2. The summed E-state index contributed by atoms with van der Waals surface area (Å²) >= 11 is 2.07. The van der Waals surface area contributed by atoms with E-state index in [0.29, 0.717) is 17.0 Å². The maximum atomic E-state index is 12.1. The third-order valence-corrected chi connectivity index (χ3v) is 4.19. The molecule has 0 aliphatic heterocycles. The molecule has 0 aliphatic rings. The molecule has 0 bridgehead atoms. The van der Waals surface area contributed by atoms with Gasteiger partial charge in [-0.1, -0.05) is 12.1 Å². The molecule has 26 heavy (non-hydrogen) atoms. The zero-order valence-corrected chi connectivity index (χ0v) is 16.1. The number of nitrogens with one attached hydrogen (secondary N) is 2. The molecule has 136 valence electrons. The first-order chi connectivity index (χ1) is 12.5. The van der Waals surface area contributed by atoms with Crippen LogP contribution in [0.2, 0.25) is 0 Å². The van der Waals surface area contributed by atoms with Crippen molar-refractivity contribution in [2.24, 2.45) is 0 Å². The quantitative estimate of drug-likeness (QED) is 0.480. The summed E-state index contributed by atoms with van der Waals surface area (Å²) in [5.74, 6) is -0.671. The first-order valence-electron chi connectivity index (χ1n) is 7.62.